The molecule has 4 nitrogen and oxygen atoms in total. The lowest BCUT2D eigenvalue weighted by molar-refractivity contribution is -0.150. The van der Waals surface area contributed by atoms with Crippen LogP contribution in [0.3, 0.4) is 0 Å². The second-order valence-electron chi connectivity index (χ2n) is 4.64. The van der Waals surface area contributed by atoms with Crippen LogP contribution in [-0.4, -0.2) is 25.2 Å². The third-order valence-corrected chi connectivity index (χ3v) is 2.89. The summed E-state index contributed by atoms with van der Waals surface area (Å²) >= 11 is 0. The lowest BCUT2D eigenvalue weighted by atomic mass is 10.1. The Balaban J connectivity index is 2.14. The standard InChI is InChI=1S/C16H21FO4/c1-2-3-11-20-15(18)8-9-16(19)21-12-10-13-6-4-5-7-14(13)17/h4-7H,2-3,8-12H2,1H3. The highest BCUT2D eigenvalue weighted by Crippen LogP contribution is 2.07. The van der Waals surface area contributed by atoms with Crippen LogP contribution in [0.2, 0.25) is 0 Å². The van der Waals surface area contributed by atoms with Gasteiger partial charge < -0.3 is 9.47 Å². The number of hydrogen-bond donors (Lipinski definition) is 0. The summed E-state index contributed by atoms with van der Waals surface area (Å²) < 4.78 is 23.2. The van der Waals surface area contributed by atoms with Crippen molar-refractivity contribution in [3.8, 4) is 0 Å². The second-order valence-corrected chi connectivity index (χ2v) is 4.64. The fraction of sp³-hybridized carbons (Fsp3) is 0.500. The fourth-order valence-corrected chi connectivity index (χ4v) is 1.65. The van der Waals surface area contributed by atoms with Crippen LogP contribution in [0.1, 0.15) is 38.2 Å². The molecule has 0 unspecified atom stereocenters. The molecule has 5 heteroatoms. The first-order chi connectivity index (χ1) is 10.1. The molecule has 116 valence electrons. The van der Waals surface area contributed by atoms with E-state index in [1.165, 1.54) is 6.07 Å². The summed E-state index contributed by atoms with van der Waals surface area (Å²) in [5.41, 5.74) is 0.504. The molecule has 0 saturated carbocycles. The maximum Gasteiger partial charge on any atom is 0.306 e. The van der Waals surface area contributed by atoms with Gasteiger partial charge in [-0.25, -0.2) is 4.39 Å². The molecule has 21 heavy (non-hydrogen) atoms. The summed E-state index contributed by atoms with van der Waals surface area (Å²) in [4.78, 5) is 22.7. The molecule has 0 saturated heterocycles. The molecular formula is C16H21FO4. The Morgan fingerprint density at radius 1 is 1.05 bits per heavy atom. The van der Waals surface area contributed by atoms with E-state index in [9.17, 15) is 14.0 Å². The van der Waals surface area contributed by atoms with Crippen molar-refractivity contribution in [2.45, 2.75) is 39.0 Å². The molecule has 0 aliphatic carbocycles. The van der Waals surface area contributed by atoms with Crippen LogP contribution in [0.15, 0.2) is 24.3 Å². The Hall–Kier alpha value is -1.91. The van der Waals surface area contributed by atoms with E-state index in [4.69, 9.17) is 9.47 Å². The van der Waals surface area contributed by atoms with Crippen LogP contribution in [-0.2, 0) is 25.5 Å². The number of carbonyl (C=O) groups is 2. The maximum absolute atomic E-state index is 13.3. The third-order valence-electron chi connectivity index (χ3n) is 2.89. The highest BCUT2D eigenvalue weighted by Gasteiger charge is 2.09. The Morgan fingerprint density at radius 2 is 1.67 bits per heavy atom. The first-order valence-corrected chi connectivity index (χ1v) is 7.18. The van der Waals surface area contributed by atoms with Crippen molar-refractivity contribution in [1.29, 1.82) is 0 Å². The van der Waals surface area contributed by atoms with E-state index in [0.717, 1.165) is 12.8 Å². The largest absolute Gasteiger partial charge is 0.466 e. The summed E-state index contributed by atoms with van der Waals surface area (Å²) in [6.07, 6.45) is 2.09. The topological polar surface area (TPSA) is 52.6 Å². The van der Waals surface area contributed by atoms with Gasteiger partial charge in [0.1, 0.15) is 5.82 Å². The molecule has 0 aromatic heterocycles. The molecule has 1 aromatic carbocycles. The molecule has 0 spiro atoms. The van der Waals surface area contributed by atoms with Crippen molar-refractivity contribution >= 4 is 11.9 Å². The van der Waals surface area contributed by atoms with Crippen molar-refractivity contribution in [2.24, 2.45) is 0 Å². The Labute approximate surface area is 124 Å². The number of halogens is 1. The van der Waals surface area contributed by atoms with Gasteiger partial charge in [-0.3, -0.25) is 9.59 Å². The average Bonchev–Trinajstić information content (AvgIpc) is 2.47. The van der Waals surface area contributed by atoms with Crippen molar-refractivity contribution in [3.05, 3.63) is 35.6 Å². The lowest BCUT2D eigenvalue weighted by Gasteiger charge is -2.06. The monoisotopic (exact) mass is 296 g/mol. The van der Waals surface area contributed by atoms with E-state index in [1.807, 2.05) is 6.92 Å². The molecule has 0 bridgehead atoms. The summed E-state index contributed by atoms with van der Waals surface area (Å²) in [6, 6.07) is 6.35. The minimum atomic E-state index is -0.473. The molecule has 0 N–H and O–H groups in total. The van der Waals surface area contributed by atoms with E-state index >= 15 is 0 Å². The second kappa shape index (κ2) is 9.91. The Bertz CT molecular complexity index is 459. The zero-order valence-corrected chi connectivity index (χ0v) is 12.3. The summed E-state index contributed by atoms with van der Waals surface area (Å²) in [5, 5.41) is 0. The number of hydrogen-bond acceptors (Lipinski definition) is 4. The predicted octanol–water partition coefficient (Wildman–Crippen LogP) is 3.03. The highest BCUT2D eigenvalue weighted by atomic mass is 19.1. The molecule has 0 amide bonds. The number of carbonyl (C=O) groups excluding carboxylic acids is 2. The van der Waals surface area contributed by atoms with Gasteiger partial charge in [0.05, 0.1) is 26.1 Å². The van der Waals surface area contributed by atoms with Gasteiger partial charge in [0.25, 0.3) is 0 Å². The number of ether oxygens (including phenoxy) is 2. The minimum Gasteiger partial charge on any atom is -0.466 e. The van der Waals surface area contributed by atoms with Gasteiger partial charge in [-0.05, 0) is 18.1 Å². The van der Waals surface area contributed by atoms with Gasteiger partial charge >= 0.3 is 11.9 Å². The van der Waals surface area contributed by atoms with Gasteiger partial charge in [0.2, 0.25) is 0 Å². The molecule has 0 radical (unpaired) electrons. The van der Waals surface area contributed by atoms with Crippen LogP contribution in [0, 0.1) is 5.82 Å². The molecule has 1 aromatic rings. The molecule has 0 fully saturated rings. The van der Waals surface area contributed by atoms with Crippen LogP contribution < -0.4 is 0 Å². The van der Waals surface area contributed by atoms with Gasteiger partial charge in [-0.1, -0.05) is 31.5 Å². The number of rotatable bonds is 9. The molecular weight excluding hydrogens is 275 g/mol. The predicted molar refractivity (Wildman–Crippen MR) is 76.2 cm³/mol. The van der Waals surface area contributed by atoms with Crippen molar-refractivity contribution in [3.63, 3.8) is 0 Å². The smallest absolute Gasteiger partial charge is 0.306 e. The van der Waals surface area contributed by atoms with Gasteiger partial charge in [0, 0.05) is 6.42 Å². The Morgan fingerprint density at radius 3 is 2.29 bits per heavy atom. The molecule has 0 aliphatic rings. The van der Waals surface area contributed by atoms with E-state index in [2.05, 4.69) is 0 Å². The zero-order chi connectivity index (χ0) is 15.5. The van der Waals surface area contributed by atoms with Crippen molar-refractivity contribution in [2.75, 3.05) is 13.2 Å². The molecule has 1 rings (SSSR count). The number of unbranched alkanes of at least 4 members (excludes halogenated alkanes) is 1. The van der Waals surface area contributed by atoms with Gasteiger partial charge in [-0.2, -0.15) is 0 Å². The zero-order valence-electron chi connectivity index (χ0n) is 12.3. The van der Waals surface area contributed by atoms with Crippen LogP contribution in [0.25, 0.3) is 0 Å². The number of benzene rings is 1. The fourth-order valence-electron chi connectivity index (χ4n) is 1.65. The Kier molecular flexibility index (Phi) is 8.09. The highest BCUT2D eigenvalue weighted by molar-refractivity contribution is 5.77. The minimum absolute atomic E-state index is 0.0117. The quantitative estimate of drug-likeness (QED) is 0.519. The normalized spacial score (nSPS) is 10.2. The van der Waals surface area contributed by atoms with Crippen molar-refractivity contribution < 1.29 is 23.5 Å². The van der Waals surface area contributed by atoms with Crippen LogP contribution in [0.4, 0.5) is 4.39 Å². The lowest BCUT2D eigenvalue weighted by Crippen LogP contribution is -2.12. The van der Waals surface area contributed by atoms with E-state index in [1.54, 1.807) is 18.2 Å². The maximum atomic E-state index is 13.3. The molecule has 0 aliphatic heterocycles. The average molecular weight is 296 g/mol. The summed E-state index contributed by atoms with van der Waals surface area (Å²) in [5.74, 6) is -1.18. The van der Waals surface area contributed by atoms with Crippen LogP contribution >= 0.6 is 0 Å². The summed E-state index contributed by atoms with van der Waals surface area (Å²) in [7, 11) is 0. The van der Waals surface area contributed by atoms with E-state index < -0.39 is 11.9 Å². The SMILES string of the molecule is CCCCOC(=O)CCC(=O)OCCc1ccccc1F. The van der Waals surface area contributed by atoms with Crippen molar-refractivity contribution in [1.82, 2.24) is 0 Å². The van der Waals surface area contributed by atoms with Crippen LogP contribution in [0.5, 0.6) is 0 Å². The third kappa shape index (κ3) is 7.44. The van der Waals surface area contributed by atoms with Gasteiger partial charge in [-0.15, -0.1) is 0 Å². The first-order valence-electron chi connectivity index (χ1n) is 7.18. The molecule has 0 atom stereocenters. The first kappa shape index (κ1) is 17.1. The van der Waals surface area contributed by atoms with E-state index in [0.29, 0.717) is 18.6 Å². The van der Waals surface area contributed by atoms with E-state index in [-0.39, 0.29) is 25.3 Å². The number of esters is 2. The summed E-state index contributed by atoms with van der Waals surface area (Å²) in [6.45, 7) is 2.49. The molecule has 0 heterocycles. The van der Waals surface area contributed by atoms with Gasteiger partial charge in [0.15, 0.2) is 0 Å².